The van der Waals surface area contributed by atoms with Crippen molar-refractivity contribution in [2.24, 2.45) is 0 Å². The third kappa shape index (κ3) is 1.66. The highest BCUT2D eigenvalue weighted by molar-refractivity contribution is 6.05. The molecular weight excluding hydrogens is 204 g/mol. The zero-order chi connectivity index (χ0) is 11.6. The Morgan fingerprint density at radius 1 is 1.19 bits per heavy atom. The van der Waals surface area contributed by atoms with Crippen molar-refractivity contribution in [2.75, 3.05) is 13.2 Å². The highest BCUT2D eigenvalue weighted by Crippen LogP contribution is 2.33. The molecule has 0 N–H and O–H groups in total. The topological polar surface area (TPSA) is 35.5 Å². The minimum Gasteiger partial charge on any atom is -0.343 e. The van der Waals surface area contributed by atoms with Crippen LogP contribution >= 0.6 is 0 Å². The van der Waals surface area contributed by atoms with Gasteiger partial charge in [0.05, 0.1) is 0 Å². The summed E-state index contributed by atoms with van der Waals surface area (Å²) in [7, 11) is 0. The Balaban J connectivity index is 2.36. The lowest BCUT2D eigenvalue weighted by Crippen LogP contribution is -2.42. The number of fused-ring (bicyclic) bond motifs is 1. The Morgan fingerprint density at radius 2 is 1.81 bits per heavy atom. The zero-order valence-corrected chi connectivity index (χ0v) is 9.66. The van der Waals surface area contributed by atoms with E-state index < -0.39 is 5.79 Å². The summed E-state index contributed by atoms with van der Waals surface area (Å²) >= 11 is 0. The van der Waals surface area contributed by atoms with Crippen molar-refractivity contribution < 1.29 is 14.3 Å². The molecule has 1 aromatic rings. The molecule has 0 fully saturated rings. The number of carbonyl (C=O) groups excluding carboxylic acids is 1. The van der Waals surface area contributed by atoms with E-state index in [4.69, 9.17) is 9.47 Å². The monoisotopic (exact) mass is 220 g/mol. The number of benzene rings is 1. The third-order valence-corrected chi connectivity index (χ3v) is 2.79. The normalized spacial score (nSPS) is 17.5. The van der Waals surface area contributed by atoms with Crippen LogP contribution in [-0.2, 0) is 15.9 Å². The molecule has 0 aliphatic heterocycles. The standard InChI is InChI=1S/C13H16O3/c1-3-15-13(16-4-2)9-10-7-5-6-8-11(10)12(13)14/h5-8H,3-4,9H2,1-2H3. The van der Waals surface area contributed by atoms with Crippen LogP contribution < -0.4 is 0 Å². The smallest absolute Gasteiger partial charge is 0.237 e. The van der Waals surface area contributed by atoms with Gasteiger partial charge >= 0.3 is 0 Å². The van der Waals surface area contributed by atoms with E-state index in [1.54, 1.807) is 0 Å². The van der Waals surface area contributed by atoms with Crippen LogP contribution in [0.3, 0.4) is 0 Å². The van der Waals surface area contributed by atoms with Crippen LogP contribution in [0.2, 0.25) is 0 Å². The molecule has 86 valence electrons. The molecule has 0 radical (unpaired) electrons. The summed E-state index contributed by atoms with van der Waals surface area (Å²) in [6.45, 7) is 4.69. The summed E-state index contributed by atoms with van der Waals surface area (Å²) in [5, 5.41) is 0. The molecule has 1 aliphatic carbocycles. The summed E-state index contributed by atoms with van der Waals surface area (Å²) in [6, 6.07) is 7.58. The van der Waals surface area contributed by atoms with Crippen molar-refractivity contribution in [1.29, 1.82) is 0 Å². The number of carbonyl (C=O) groups is 1. The molecule has 0 spiro atoms. The second-order valence-corrected chi connectivity index (χ2v) is 3.78. The molecule has 16 heavy (non-hydrogen) atoms. The van der Waals surface area contributed by atoms with Crippen molar-refractivity contribution in [3.8, 4) is 0 Å². The molecule has 0 amide bonds. The molecule has 0 aromatic heterocycles. The van der Waals surface area contributed by atoms with Crippen molar-refractivity contribution in [1.82, 2.24) is 0 Å². The van der Waals surface area contributed by atoms with Gasteiger partial charge in [0.2, 0.25) is 11.6 Å². The Bertz CT molecular complexity index is 392. The molecule has 0 saturated carbocycles. The fourth-order valence-corrected chi connectivity index (χ4v) is 2.17. The molecule has 1 aliphatic rings. The molecule has 0 bridgehead atoms. The van der Waals surface area contributed by atoms with Crippen LogP contribution in [-0.4, -0.2) is 24.8 Å². The fourth-order valence-electron chi connectivity index (χ4n) is 2.17. The summed E-state index contributed by atoms with van der Waals surface area (Å²) in [5.41, 5.74) is 1.74. The van der Waals surface area contributed by atoms with Gasteiger partial charge in [-0.1, -0.05) is 24.3 Å². The number of ether oxygens (including phenoxy) is 2. The van der Waals surface area contributed by atoms with Gasteiger partial charge in [-0.05, 0) is 19.4 Å². The molecular formula is C13H16O3. The number of hydrogen-bond donors (Lipinski definition) is 0. The van der Waals surface area contributed by atoms with Gasteiger partial charge in [-0.25, -0.2) is 0 Å². The van der Waals surface area contributed by atoms with Crippen molar-refractivity contribution in [3.05, 3.63) is 35.4 Å². The van der Waals surface area contributed by atoms with E-state index in [-0.39, 0.29) is 5.78 Å². The molecule has 1 aromatic carbocycles. The molecule has 0 saturated heterocycles. The van der Waals surface area contributed by atoms with E-state index >= 15 is 0 Å². The Labute approximate surface area is 95.4 Å². The van der Waals surface area contributed by atoms with E-state index in [1.165, 1.54) is 0 Å². The van der Waals surface area contributed by atoms with Crippen LogP contribution in [0.1, 0.15) is 29.8 Å². The quantitative estimate of drug-likeness (QED) is 0.730. The van der Waals surface area contributed by atoms with E-state index in [2.05, 4.69) is 0 Å². The predicted octanol–water partition coefficient (Wildman–Crippen LogP) is 2.19. The summed E-state index contributed by atoms with van der Waals surface area (Å²) in [4.78, 5) is 12.2. The zero-order valence-electron chi connectivity index (χ0n) is 9.66. The van der Waals surface area contributed by atoms with E-state index in [0.29, 0.717) is 19.6 Å². The molecule has 3 nitrogen and oxygen atoms in total. The SMILES string of the molecule is CCOC1(OCC)Cc2ccccc2C1=O. The van der Waals surface area contributed by atoms with Crippen LogP contribution in [0, 0.1) is 0 Å². The van der Waals surface area contributed by atoms with Gasteiger partial charge in [-0.3, -0.25) is 4.79 Å². The van der Waals surface area contributed by atoms with Crippen molar-refractivity contribution in [2.45, 2.75) is 26.1 Å². The maximum absolute atomic E-state index is 12.2. The Kier molecular flexibility index (Phi) is 3.08. The first kappa shape index (κ1) is 11.3. The number of rotatable bonds is 4. The van der Waals surface area contributed by atoms with Crippen molar-refractivity contribution in [3.63, 3.8) is 0 Å². The van der Waals surface area contributed by atoms with Crippen LogP contribution in [0.5, 0.6) is 0 Å². The van der Waals surface area contributed by atoms with Crippen molar-refractivity contribution >= 4 is 5.78 Å². The Morgan fingerprint density at radius 3 is 2.38 bits per heavy atom. The molecule has 3 heteroatoms. The minimum absolute atomic E-state index is 0.0493. The van der Waals surface area contributed by atoms with Crippen LogP contribution in [0.4, 0.5) is 0 Å². The van der Waals surface area contributed by atoms with Gasteiger partial charge in [-0.2, -0.15) is 0 Å². The lowest BCUT2D eigenvalue weighted by Gasteiger charge is -2.26. The van der Waals surface area contributed by atoms with E-state index in [9.17, 15) is 4.79 Å². The van der Waals surface area contributed by atoms with Gasteiger partial charge in [-0.15, -0.1) is 0 Å². The average molecular weight is 220 g/mol. The number of Topliss-reactive ketones (excluding diaryl/α,β-unsaturated/α-hetero) is 1. The third-order valence-electron chi connectivity index (χ3n) is 2.79. The fraction of sp³-hybridized carbons (Fsp3) is 0.462. The second-order valence-electron chi connectivity index (χ2n) is 3.78. The lowest BCUT2D eigenvalue weighted by molar-refractivity contribution is -0.192. The first-order chi connectivity index (χ1) is 7.73. The van der Waals surface area contributed by atoms with Crippen LogP contribution in [0.15, 0.2) is 24.3 Å². The predicted molar refractivity (Wildman–Crippen MR) is 60.5 cm³/mol. The Hall–Kier alpha value is -1.19. The van der Waals surface area contributed by atoms with E-state index in [0.717, 1.165) is 11.1 Å². The lowest BCUT2D eigenvalue weighted by atomic mass is 10.1. The highest BCUT2D eigenvalue weighted by Gasteiger charge is 2.47. The van der Waals surface area contributed by atoms with Gasteiger partial charge in [0.25, 0.3) is 0 Å². The summed E-state index contributed by atoms with van der Waals surface area (Å²) in [6.07, 6.45) is 0.518. The first-order valence-corrected chi connectivity index (χ1v) is 5.64. The highest BCUT2D eigenvalue weighted by atomic mass is 16.7. The van der Waals surface area contributed by atoms with Gasteiger partial charge in [0, 0.05) is 25.2 Å². The largest absolute Gasteiger partial charge is 0.343 e. The maximum atomic E-state index is 12.2. The van der Waals surface area contributed by atoms with E-state index in [1.807, 2.05) is 38.1 Å². The van der Waals surface area contributed by atoms with Gasteiger partial charge in [0.15, 0.2) is 0 Å². The van der Waals surface area contributed by atoms with Gasteiger partial charge in [0.1, 0.15) is 0 Å². The van der Waals surface area contributed by atoms with Gasteiger partial charge < -0.3 is 9.47 Å². The average Bonchev–Trinajstić information content (AvgIpc) is 2.54. The maximum Gasteiger partial charge on any atom is 0.237 e. The second kappa shape index (κ2) is 4.36. The molecule has 0 heterocycles. The summed E-state index contributed by atoms with van der Waals surface area (Å²) in [5.74, 6) is -1.13. The molecule has 0 atom stereocenters. The number of hydrogen-bond acceptors (Lipinski definition) is 3. The summed E-state index contributed by atoms with van der Waals surface area (Å²) < 4.78 is 11.1. The molecule has 0 unspecified atom stereocenters. The number of ketones is 1. The minimum atomic E-state index is -1.08. The van der Waals surface area contributed by atoms with Crippen LogP contribution in [0.25, 0.3) is 0 Å². The molecule has 2 rings (SSSR count). The first-order valence-electron chi connectivity index (χ1n) is 5.64.